The summed E-state index contributed by atoms with van der Waals surface area (Å²) in [7, 11) is 0. The molecule has 25 heavy (non-hydrogen) atoms. The van der Waals surface area contributed by atoms with E-state index in [1.165, 1.54) is 55.0 Å². The molecule has 3 nitrogen and oxygen atoms in total. The summed E-state index contributed by atoms with van der Waals surface area (Å²) >= 11 is 0. The Morgan fingerprint density at radius 3 is 2.64 bits per heavy atom. The van der Waals surface area contributed by atoms with Crippen molar-refractivity contribution in [1.82, 2.24) is 5.32 Å². The number of nitrogens with one attached hydrogen (secondary N) is 2. The van der Waals surface area contributed by atoms with Crippen LogP contribution in [0.5, 0.6) is 0 Å². The van der Waals surface area contributed by atoms with E-state index in [-0.39, 0.29) is 0 Å². The Hall–Kier alpha value is -2.00. The van der Waals surface area contributed by atoms with Gasteiger partial charge >= 0.3 is 0 Å². The molecular formula is C22H27N3. The molecule has 3 heterocycles. The molecule has 2 atom stereocenters. The van der Waals surface area contributed by atoms with Gasteiger partial charge in [0.25, 0.3) is 0 Å². The van der Waals surface area contributed by atoms with Gasteiger partial charge in [-0.1, -0.05) is 6.07 Å². The van der Waals surface area contributed by atoms with Crippen molar-refractivity contribution >= 4 is 17.1 Å². The van der Waals surface area contributed by atoms with Gasteiger partial charge in [-0.25, -0.2) is 0 Å². The van der Waals surface area contributed by atoms with E-state index >= 15 is 0 Å². The second-order valence-electron chi connectivity index (χ2n) is 8.15. The van der Waals surface area contributed by atoms with Crippen molar-refractivity contribution in [3.05, 3.63) is 52.6 Å². The van der Waals surface area contributed by atoms with Gasteiger partial charge < -0.3 is 15.5 Å². The highest BCUT2D eigenvalue weighted by atomic mass is 15.2. The van der Waals surface area contributed by atoms with E-state index in [0.29, 0.717) is 5.92 Å². The molecule has 1 saturated heterocycles. The van der Waals surface area contributed by atoms with Gasteiger partial charge in [0.15, 0.2) is 0 Å². The molecular weight excluding hydrogens is 306 g/mol. The van der Waals surface area contributed by atoms with Crippen LogP contribution in [0.2, 0.25) is 0 Å². The van der Waals surface area contributed by atoms with Crippen molar-refractivity contribution in [2.24, 2.45) is 5.92 Å². The molecule has 0 unspecified atom stereocenters. The van der Waals surface area contributed by atoms with Gasteiger partial charge in [0.1, 0.15) is 0 Å². The lowest BCUT2D eigenvalue weighted by Gasteiger charge is -2.42. The maximum atomic E-state index is 3.69. The van der Waals surface area contributed by atoms with Crippen LogP contribution in [0.4, 0.5) is 17.1 Å². The molecule has 1 fully saturated rings. The standard InChI is InChI=1S/C22H27N3/c1-14-6-15(2)8-18(7-14)24-19-9-16-4-3-5-25-13-17-11-23-12-21(17)20(10-19)22(16)25/h6-10,17,21,23-24H,3-5,11-13H2,1-2H3/t17-,21-/m1/s1. The van der Waals surface area contributed by atoms with Gasteiger partial charge in [-0.2, -0.15) is 0 Å². The van der Waals surface area contributed by atoms with Crippen LogP contribution in [0.15, 0.2) is 30.3 Å². The van der Waals surface area contributed by atoms with Crippen LogP contribution in [-0.2, 0) is 6.42 Å². The molecule has 3 aliphatic rings. The zero-order chi connectivity index (χ0) is 17.0. The van der Waals surface area contributed by atoms with Crippen LogP contribution < -0.4 is 15.5 Å². The molecule has 0 spiro atoms. The van der Waals surface area contributed by atoms with Crippen molar-refractivity contribution in [2.75, 3.05) is 36.4 Å². The lowest BCUT2D eigenvalue weighted by Crippen LogP contribution is -2.41. The second-order valence-corrected chi connectivity index (χ2v) is 8.15. The molecule has 2 aromatic carbocycles. The summed E-state index contributed by atoms with van der Waals surface area (Å²) < 4.78 is 0. The van der Waals surface area contributed by atoms with E-state index in [1.807, 2.05) is 0 Å². The van der Waals surface area contributed by atoms with Crippen molar-refractivity contribution in [3.63, 3.8) is 0 Å². The van der Waals surface area contributed by atoms with Gasteiger partial charge in [0, 0.05) is 49.2 Å². The molecule has 130 valence electrons. The van der Waals surface area contributed by atoms with E-state index in [1.54, 1.807) is 16.8 Å². The second kappa shape index (κ2) is 5.77. The molecule has 0 aliphatic carbocycles. The van der Waals surface area contributed by atoms with Crippen LogP contribution in [0.3, 0.4) is 0 Å². The van der Waals surface area contributed by atoms with E-state index in [0.717, 1.165) is 12.5 Å². The number of nitrogens with zero attached hydrogens (tertiary/aromatic N) is 1. The third kappa shape index (κ3) is 2.62. The lowest BCUT2D eigenvalue weighted by atomic mass is 9.80. The molecule has 0 amide bonds. The third-order valence-electron chi connectivity index (χ3n) is 6.11. The Bertz CT molecular complexity index is 806. The summed E-state index contributed by atoms with van der Waals surface area (Å²) in [5.41, 5.74) is 9.76. The first-order valence-electron chi connectivity index (χ1n) is 9.65. The van der Waals surface area contributed by atoms with Crippen molar-refractivity contribution in [1.29, 1.82) is 0 Å². The topological polar surface area (TPSA) is 27.3 Å². The van der Waals surface area contributed by atoms with E-state index in [9.17, 15) is 0 Å². The number of benzene rings is 2. The largest absolute Gasteiger partial charge is 0.371 e. The third-order valence-corrected chi connectivity index (χ3v) is 6.11. The number of hydrogen-bond acceptors (Lipinski definition) is 3. The van der Waals surface area contributed by atoms with Crippen LogP contribution in [-0.4, -0.2) is 26.2 Å². The number of fused-ring (bicyclic) bond motifs is 2. The highest BCUT2D eigenvalue weighted by Gasteiger charge is 2.38. The van der Waals surface area contributed by atoms with Crippen LogP contribution in [0, 0.1) is 19.8 Å². The minimum atomic E-state index is 0.684. The maximum absolute atomic E-state index is 3.69. The molecule has 3 heteroatoms. The highest BCUT2D eigenvalue weighted by molar-refractivity contribution is 5.73. The van der Waals surface area contributed by atoms with Crippen LogP contribution in [0.25, 0.3) is 0 Å². The SMILES string of the molecule is Cc1cc(C)cc(Nc2cc3c4c(c2)[C@@H]2CNC[C@@H]2CN4CCC3)c1. The van der Waals surface area contributed by atoms with Crippen molar-refractivity contribution in [2.45, 2.75) is 32.6 Å². The number of aryl methyl sites for hydroxylation is 3. The smallest absolute Gasteiger partial charge is 0.0436 e. The summed E-state index contributed by atoms with van der Waals surface area (Å²) in [5, 5.41) is 7.32. The monoisotopic (exact) mass is 333 g/mol. The minimum absolute atomic E-state index is 0.684. The number of hydrogen-bond donors (Lipinski definition) is 2. The predicted molar refractivity (Wildman–Crippen MR) is 105 cm³/mol. The summed E-state index contributed by atoms with van der Waals surface area (Å²) in [5.74, 6) is 1.46. The molecule has 2 aromatic rings. The average Bonchev–Trinajstić information content (AvgIpc) is 3.02. The predicted octanol–water partition coefficient (Wildman–Crippen LogP) is 4.12. The maximum Gasteiger partial charge on any atom is 0.0436 e. The first kappa shape index (κ1) is 15.3. The molecule has 3 aliphatic heterocycles. The highest BCUT2D eigenvalue weighted by Crippen LogP contribution is 2.46. The van der Waals surface area contributed by atoms with Crippen molar-refractivity contribution < 1.29 is 0 Å². The first-order chi connectivity index (χ1) is 12.2. The average molecular weight is 333 g/mol. The molecule has 0 saturated carbocycles. The first-order valence-corrected chi connectivity index (χ1v) is 9.65. The molecule has 0 aromatic heterocycles. The zero-order valence-electron chi connectivity index (χ0n) is 15.2. The van der Waals surface area contributed by atoms with Crippen LogP contribution >= 0.6 is 0 Å². The van der Waals surface area contributed by atoms with Gasteiger partial charge in [-0.3, -0.25) is 0 Å². The Morgan fingerprint density at radius 1 is 1.00 bits per heavy atom. The minimum Gasteiger partial charge on any atom is -0.371 e. The fourth-order valence-electron chi connectivity index (χ4n) is 5.19. The van der Waals surface area contributed by atoms with Gasteiger partial charge in [-0.05, 0) is 79.1 Å². The summed E-state index contributed by atoms with van der Waals surface area (Å²) in [6.45, 7) is 9.11. The van der Waals surface area contributed by atoms with E-state index in [4.69, 9.17) is 0 Å². The molecule has 2 N–H and O–H groups in total. The Labute approximate surface area is 150 Å². The Morgan fingerprint density at radius 2 is 1.80 bits per heavy atom. The van der Waals surface area contributed by atoms with Crippen molar-refractivity contribution in [3.8, 4) is 0 Å². The Kier molecular flexibility index (Phi) is 3.53. The molecule has 0 bridgehead atoms. The fraction of sp³-hybridized carbons (Fsp3) is 0.455. The summed E-state index contributed by atoms with van der Waals surface area (Å²) in [4.78, 5) is 2.66. The van der Waals surface area contributed by atoms with Gasteiger partial charge in [0.05, 0.1) is 0 Å². The molecule has 5 rings (SSSR count). The fourth-order valence-corrected chi connectivity index (χ4v) is 5.19. The normalized spacial score (nSPS) is 24.0. The van der Waals surface area contributed by atoms with E-state index in [2.05, 4.69) is 59.7 Å². The number of rotatable bonds is 2. The summed E-state index contributed by atoms with van der Waals surface area (Å²) in [6, 6.07) is 11.5. The van der Waals surface area contributed by atoms with E-state index < -0.39 is 0 Å². The summed E-state index contributed by atoms with van der Waals surface area (Å²) in [6.07, 6.45) is 2.50. The lowest BCUT2D eigenvalue weighted by molar-refractivity contribution is 0.470. The van der Waals surface area contributed by atoms with Gasteiger partial charge in [0.2, 0.25) is 0 Å². The van der Waals surface area contributed by atoms with Gasteiger partial charge in [-0.15, -0.1) is 0 Å². The quantitative estimate of drug-likeness (QED) is 0.866. The number of anilines is 3. The molecule has 0 radical (unpaired) electrons. The zero-order valence-corrected chi connectivity index (χ0v) is 15.2. The Balaban J connectivity index is 1.57. The van der Waals surface area contributed by atoms with Crippen LogP contribution in [0.1, 0.15) is 34.6 Å².